The molecule has 1 aliphatic rings. The lowest BCUT2D eigenvalue weighted by atomic mass is 9.80. The molecule has 0 bridgehead atoms. The van der Waals surface area contributed by atoms with Crippen molar-refractivity contribution in [1.82, 2.24) is 0 Å². The minimum absolute atomic E-state index is 0.0499. The van der Waals surface area contributed by atoms with Gasteiger partial charge in [-0.15, -0.1) is 0 Å². The molecule has 0 amide bonds. The van der Waals surface area contributed by atoms with Crippen LogP contribution < -0.4 is 0 Å². The van der Waals surface area contributed by atoms with Gasteiger partial charge in [0.1, 0.15) is 0 Å². The maximum Gasteiger partial charge on any atom is 0.460 e. The summed E-state index contributed by atoms with van der Waals surface area (Å²) < 4.78 is 123. The van der Waals surface area contributed by atoms with Gasteiger partial charge in [0.15, 0.2) is 6.10 Å². The standard InChI is InChI=1S/C15H15F9O4/c16-12(17,13(18,19)14(20,21)15(22,23)24)11(8-4-2-1-3-5-8)28-10(27)7-6-9(25)26/h6-8,11H,1-5H2,(H,25,26)/b7-6+. The third-order valence-corrected chi connectivity index (χ3v) is 4.21. The number of aliphatic carboxylic acids is 1. The van der Waals surface area contributed by atoms with Crippen molar-refractivity contribution in [2.24, 2.45) is 5.92 Å². The van der Waals surface area contributed by atoms with Crippen molar-refractivity contribution in [1.29, 1.82) is 0 Å². The highest BCUT2D eigenvalue weighted by molar-refractivity contribution is 5.90. The van der Waals surface area contributed by atoms with Gasteiger partial charge in [-0.25, -0.2) is 9.59 Å². The topological polar surface area (TPSA) is 63.6 Å². The molecule has 1 rings (SSSR count). The quantitative estimate of drug-likeness (QED) is 0.365. The highest BCUT2D eigenvalue weighted by Crippen LogP contribution is 2.56. The summed E-state index contributed by atoms with van der Waals surface area (Å²) in [6.07, 6.45) is -9.94. The predicted octanol–water partition coefficient (Wildman–Crippen LogP) is 4.59. The van der Waals surface area contributed by atoms with Crippen LogP contribution in [0.2, 0.25) is 0 Å². The molecule has 0 aromatic rings. The Balaban J connectivity index is 3.32. The molecule has 0 heterocycles. The van der Waals surface area contributed by atoms with E-state index in [0.29, 0.717) is 6.42 Å². The molecule has 0 aliphatic heterocycles. The first-order chi connectivity index (χ1) is 12.6. The van der Waals surface area contributed by atoms with Crippen molar-refractivity contribution < 1.29 is 58.9 Å². The molecule has 0 radical (unpaired) electrons. The van der Waals surface area contributed by atoms with E-state index in [0.717, 1.165) is 0 Å². The van der Waals surface area contributed by atoms with Crippen LogP contribution in [0.3, 0.4) is 0 Å². The summed E-state index contributed by atoms with van der Waals surface area (Å²) in [5.41, 5.74) is 0. The zero-order valence-corrected chi connectivity index (χ0v) is 13.9. The number of carboxylic acids is 1. The molecule has 28 heavy (non-hydrogen) atoms. The summed E-state index contributed by atoms with van der Waals surface area (Å²) >= 11 is 0. The van der Waals surface area contributed by atoms with Crippen LogP contribution in [0, 0.1) is 5.92 Å². The lowest BCUT2D eigenvalue weighted by molar-refractivity contribution is -0.408. The van der Waals surface area contributed by atoms with Crippen LogP contribution in [0.5, 0.6) is 0 Å². The van der Waals surface area contributed by atoms with Gasteiger partial charge in [-0.05, 0) is 12.8 Å². The fourth-order valence-electron chi connectivity index (χ4n) is 2.77. The first-order valence-electron chi connectivity index (χ1n) is 7.87. The second kappa shape index (κ2) is 8.19. The highest BCUT2D eigenvalue weighted by Gasteiger charge is 2.84. The molecule has 1 fully saturated rings. The number of carboxylic acid groups (broad SMARTS) is 1. The number of rotatable bonds is 7. The Kier molecular flexibility index (Phi) is 7.05. The summed E-state index contributed by atoms with van der Waals surface area (Å²) in [4.78, 5) is 21.8. The molecule has 1 aliphatic carbocycles. The lowest BCUT2D eigenvalue weighted by Gasteiger charge is -2.40. The third kappa shape index (κ3) is 4.72. The Morgan fingerprint density at radius 3 is 1.79 bits per heavy atom. The zero-order valence-electron chi connectivity index (χ0n) is 13.9. The van der Waals surface area contributed by atoms with Crippen LogP contribution in [0.4, 0.5) is 39.5 Å². The molecule has 1 N–H and O–H groups in total. The fraction of sp³-hybridized carbons (Fsp3) is 0.733. The number of hydrogen-bond donors (Lipinski definition) is 1. The Bertz CT molecular complexity index is 607. The Labute approximate surface area is 152 Å². The van der Waals surface area contributed by atoms with E-state index < -0.39 is 47.9 Å². The SMILES string of the molecule is O=C(O)/C=C/C(=O)OC(C1CCCCC1)C(F)(F)C(F)(F)C(F)(F)C(F)(F)F. The summed E-state index contributed by atoms with van der Waals surface area (Å²) in [6.45, 7) is 0. The van der Waals surface area contributed by atoms with E-state index >= 15 is 0 Å². The monoisotopic (exact) mass is 430 g/mol. The van der Waals surface area contributed by atoms with Crippen LogP contribution in [-0.4, -0.2) is 47.1 Å². The van der Waals surface area contributed by atoms with E-state index in [1.54, 1.807) is 0 Å². The van der Waals surface area contributed by atoms with Gasteiger partial charge < -0.3 is 9.84 Å². The lowest BCUT2D eigenvalue weighted by Crippen LogP contribution is -2.66. The van der Waals surface area contributed by atoms with E-state index in [-0.39, 0.29) is 37.8 Å². The molecule has 1 atom stereocenters. The molecule has 13 heteroatoms. The minimum Gasteiger partial charge on any atom is -0.478 e. The van der Waals surface area contributed by atoms with Gasteiger partial charge in [-0.2, -0.15) is 39.5 Å². The molecule has 0 spiro atoms. The van der Waals surface area contributed by atoms with Gasteiger partial charge in [0.25, 0.3) is 0 Å². The van der Waals surface area contributed by atoms with Crippen molar-refractivity contribution in [2.45, 2.75) is 62.2 Å². The van der Waals surface area contributed by atoms with Crippen molar-refractivity contribution in [3.8, 4) is 0 Å². The summed E-state index contributed by atoms with van der Waals surface area (Å²) in [7, 11) is 0. The molecular weight excluding hydrogens is 415 g/mol. The Morgan fingerprint density at radius 1 is 0.857 bits per heavy atom. The molecule has 0 saturated heterocycles. The van der Waals surface area contributed by atoms with E-state index in [4.69, 9.17) is 5.11 Å². The summed E-state index contributed by atoms with van der Waals surface area (Å²) in [5, 5.41) is 8.34. The first-order valence-corrected chi connectivity index (χ1v) is 7.87. The molecule has 0 aromatic carbocycles. The van der Waals surface area contributed by atoms with Gasteiger partial charge in [-0.1, -0.05) is 19.3 Å². The van der Waals surface area contributed by atoms with E-state index in [1.807, 2.05) is 0 Å². The van der Waals surface area contributed by atoms with Crippen LogP contribution >= 0.6 is 0 Å². The normalized spacial score (nSPS) is 18.9. The molecule has 1 unspecified atom stereocenters. The van der Waals surface area contributed by atoms with E-state index in [1.165, 1.54) is 0 Å². The van der Waals surface area contributed by atoms with Crippen molar-refractivity contribution >= 4 is 11.9 Å². The largest absolute Gasteiger partial charge is 0.478 e. The number of esters is 1. The van der Waals surface area contributed by atoms with Gasteiger partial charge in [0.05, 0.1) is 0 Å². The fourth-order valence-corrected chi connectivity index (χ4v) is 2.77. The summed E-state index contributed by atoms with van der Waals surface area (Å²) in [5.74, 6) is -25.4. The van der Waals surface area contributed by atoms with Crippen LogP contribution in [0.25, 0.3) is 0 Å². The van der Waals surface area contributed by atoms with Gasteiger partial charge in [-0.3, -0.25) is 0 Å². The average molecular weight is 430 g/mol. The molecule has 162 valence electrons. The van der Waals surface area contributed by atoms with Crippen LogP contribution in [0.15, 0.2) is 12.2 Å². The molecular formula is C15H15F9O4. The predicted molar refractivity (Wildman–Crippen MR) is 74.1 cm³/mol. The Hall–Kier alpha value is -1.95. The van der Waals surface area contributed by atoms with E-state index in [2.05, 4.69) is 4.74 Å². The molecule has 0 aromatic heterocycles. The minimum atomic E-state index is -7.11. The van der Waals surface area contributed by atoms with Gasteiger partial charge in [0.2, 0.25) is 0 Å². The molecule has 4 nitrogen and oxygen atoms in total. The third-order valence-electron chi connectivity index (χ3n) is 4.21. The maximum absolute atomic E-state index is 14.3. The number of ether oxygens (including phenoxy) is 1. The number of carbonyl (C=O) groups excluding carboxylic acids is 1. The number of carbonyl (C=O) groups is 2. The smallest absolute Gasteiger partial charge is 0.460 e. The summed E-state index contributed by atoms with van der Waals surface area (Å²) in [6, 6.07) is 0. The maximum atomic E-state index is 14.3. The van der Waals surface area contributed by atoms with Crippen molar-refractivity contribution in [2.75, 3.05) is 0 Å². The number of hydrogen-bond acceptors (Lipinski definition) is 3. The van der Waals surface area contributed by atoms with Crippen LogP contribution in [-0.2, 0) is 14.3 Å². The highest BCUT2D eigenvalue weighted by atomic mass is 19.4. The van der Waals surface area contributed by atoms with E-state index in [9.17, 15) is 49.1 Å². The Morgan fingerprint density at radius 2 is 1.36 bits per heavy atom. The van der Waals surface area contributed by atoms with Crippen molar-refractivity contribution in [3.63, 3.8) is 0 Å². The average Bonchev–Trinajstić information content (AvgIpc) is 2.57. The second-order valence-corrected chi connectivity index (χ2v) is 6.20. The second-order valence-electron chi connectivity index (χ2n) is 6.20. The van der Waals surface area contributed by atoms with Crippen molar-refractivity contribution in [3.05, 3.63) is 12.2 Å². The van der Waals surface area contributed by atoms with Gasteiger partial charge in [0, 0.05) is 18.1 Å². The van der Waals surface area contributed by atoms with Gasteiger partial charge >= 0.3 is 35.9 Å². The first kappa shape index (κ1) is 24.1. The van der Waals surface area contributed by atoms with Crippen LogP contribution in [0.1, 0.15) is 32.1 Å². The number of alkyl halides is 9. The molecule has 1 saturated carbocycles. The number of halogens is 9. The zero-order chi connectivity index (χ0) is 22.0.